The minimum Gasteiger partial charge on any atom is -0.489 e. The van der Waals surface area contributed by atoms with Crippen molar-refractivity contribution in [1.82, 2.24) is 5.43 Å². The van der Waals surface area contributed by atoms with Gasteiger partial charge in [0, 0.05) is 10.6 Å². The van der Waals surface area contributed by atoms with Crippen LogP contribution in [0.15, 0.2) is 71.8 Å². The number of benzene rings is 3. The topological polar surface area (TPSA) is 74.5 Å². The molecule has 0 aromatic heterocycles. The van der Waals surface area contributed by atoms with Gasteiger partial charge in [-0.2, -0.15) is 10.4 Å². The molecule has 3 aromatic rings. The van der Waals surface area contributed by atoms with E-state index in [1.807, 2.05) is 31.2 Å². The second kappa shape index (κ2) is 9.73. The number of amides is 1. The normalized spacial score (nSPS) is 10.9. The Bertz CT molecular complexity index is 1110. The number of aryl methyl sites for hydroxylation is 1. The van der Waals surface area contributed by atoms with Crippen LogP contribution in [0.4, 0.5) is 0 Å². The van der Waals surface area contributed by atoms with Crippen LogP contribution in [0, 0.1) is 18.3 Å². The molecule has 0 radical (unpaired) electrons. The summed E-state index contributed by atoms with van der Waals surface area (Å²) in [6, 6.07) is 21.7. The van der Waals surface area contributed by atoms with Crippen molar-refractivity contribution in [3.05, 3.63) is 99.6 Å². The predicted octanol–water partition coefficient (Wildman–Crippen LogP) is 5.25. The first-order valence-corrected chi connectivity index (χ1v) is 9.67. The number of rotatable bonds is 6. The number of nitriles is 1. The number of carbonyl (C=O) groups is 1. The molecule has 6 heteroatoms. The lowest BCUT2D eigenvalue weighted by atomic mass is 10.1. The van der Waals surface area contributed by atoms with E-state index < -0.39 is 0 Å². The number of ether oxygens (including phenoxy) is 1. The number of nitrogens with one attached hydrogen (secondary N) is 1. The van der Waals surface area contributed by atoms with Crippen LogP contribution in [0.3, 0.4) is 0 Å². The van der Waals surface area contributed by atoms with Crippen molar-refractivity contribution in [1.29, 1.82) is 5.26 Å². The number of hydrogen-bond acceptors (Lipinski definition) is 4. The van der Waals surface area contributed by atoms with E-state index in [1.165, 1.54) is 0 Å². The summed E-state index contributed by atoms with van der Waals surface area (Å²) in [5.41, 5.74) is 7.01. The van der Waals surface area contributed by atoms with E-state index >= 15 is 0 Å². The smallest absolute Gasteiger partial charge is 0.271 e. The lowest BCUT2D eigenvalue weighted by Gasteiger charge is -2.08. The minimum absolute atomic E-state index is 0.302. The van der Waals surface area contributed by atoms with E-state index in [9.17, 15) is 4.79 Å². The number of nitrogens with zero attached hydrogens (tertiary/aromatic N) is 2. The number of halogens is 1. The Labute approximate surface area is 180 Å². The monoisotopic (exact) mass is 417 g/mol. The molecule has 1 amide bonds. The number of hydrazone groups is 1. The van der Waals surface area contributed by atoms with Gasteiger partial charge in [-0.3, -0.25) is 4.79 Å². The third-order valence-corrected chi connectivity index (χ3v) is 4.93. The van der Waals surface area contributed by atoms with Crippen molar-refractivity contribution in [2.75, 3.05) is 0 Å². The van der Waals surface area contributed by atoms with Gasteiger partial charge in [0.25, 0.3) is 5.91 Å². The van der Waals surface area contributed by atoms with E-state index in [1.54, 1.807) is 49.4 Å². The van der Waals surface area contributed by atoms with Crippen LogP contribution in [0.5, 0.6) is 5.75 Å². The summed E-state index contributed by atoms with van der Waals surface area (Å²) in [4.78, 5) is 12.3. The van der Waals surface area contributed by atoms with Gasteiger partial charge in [0.15, 0.2) is 0 Å². The lowest BCUT2D eigenvalue weighted by molar-refractivity contribution is 0.0955. The van der Waals surface area contributed by atoms with E-state index in [0.29, 0.717) is 28.5 Å². The van der Waals surface area contributed by atoms with Crippen molar-refractivity contribution in [2.24, 2.45) is 5.10 Å². The number of hydrogen-bond donors (Lipinski definition) is 1. The summed E-state index contributed by atoms with van der Waals surface area (Å²) in [6.07, 6.45) is 0. The molecule has 3 aromatic carbocycles. The molecule has 3 rings (SSSR count). The van der Waals surface area contributed by atoms with Gasteiger partial charge in [-0.15, -0.1) is 0 Å². The van der Waals surface area contributed by atoms with E-state index in [-0.39, 0.29) is 5.91 Å². The van der Waals surface area contributed by atoms with Gasteiger partial charge in [-0.1, -0.05) is 35.9 Å². The van der Waals surface area contributed by atoms with Gasteiger partial charge in [0.05, 0.1) is 17.3 Å². The molecule has 0 bridgehead atoms. The van der Waals surface area contributed by atoms with Crippen LogP contribution < -0.4 is 10.2 Å². The molecule has 0 unspecified atom stereocenters. The summed E-state index contributed by atoms with van der Waals surface area (Å²) in [6.45, 7) is 4.10. The molecule has 0 fully saturated rings. The van der Waals surface area contributed by atoms with Gasteiger partial charge in [0.2, 0.25) is 0 Å². The molecule has 0 saturated heterocycles. The first-order chi connectivity index (χ1) is 14.5. The van der Waals surface area contributed by atoms with Crippen LogP contribution in [-0.4, -0.2) is 11.6 Å². The maximum Gasteiger partial charge on any atom is 0.271 e. The summed E-state index contributed by atoms with van der Waals surface area (Å²) in [5.74, 6) is 0.440. The van der Waals surface area contributed by atoms with E-state index in [2.05, 4.69) is 16.6 Å². The fourth-order valence-electron chi connectivity index (χ4n) is 2.68. The summed E-state index contributed by atoms with van der Waals surface area (Å²) >= 11 is 6.02. The SMILES string of the molecule is C/C(=N\NC(=O)c1ccc(COc2ccc(Cl)c(C)c2)cc1)c1ccc(C#N)cc1. The van der Waals surface area contributed by atoms with Crippen LogP contribution >= 0.6 is 11.6 Å². The average molecular weight is 418 g/mol. The van der Waals surface area contributed by atoms with Crippen molar-refractivity contribution >= 4 is 23.2 Å². The zero-order valence-electron chi connectivity index (χ0n) is 16.6. The molecule has 0 aliphatic carbocycles. The van der Waals surface area contributed by atoms with Crippen LogP contribution in [-0.2, 0) is 6.61 Å². The highest BCUT2D eigenvalue weighted by atomic mass is 35.5. The van der Waals surface area contributed by atoms with E-state index in [4.69, 9.17) is 21.6 Å². The third kappa shape index (κ3) is 5.47. The van der Waals surface area contributed by atoms with Crippen molar-refractivity contribution in [2.45, 2.75) is 20.5 Å². The second-order valence-corrected chi connectivity index (χ2v) is 7.13. The van der Waals surface area contributed by atoms with Crippen LogP contribution in [0.25, 0.3) is 0 Å². The molecular formula is C24H20ClN3O2. The zero-order chi connectivity index (χ0) is 21.5. The average Bonchev–Trinajstić information content (AvgIpc) is 2.78. The van der Waals surface area contributed by atoms with E-state index in [0.717, 1.165) is 22.4 Å². The molecule has 0 atom stereocenters. The molecule has 150 valence electrons. The van der Waals surface area contributed by atoms with Crippen molar-refractivity contribution < 1.29 is 9.53 Å². The highest BCUT2D eigenvalue weighted by Crippen LogP contribution is 2.22. The summed E-state index contributed by atoms with van der Waals surface area (Å²) in [7, 11) is 0. The summed E-state index contributed by atoms with van der Waals surface area (Å²) in [5, 5.41) is 13.7. The molecule has 0 saturated carbocycles. The van der Waals surface area contributed by atoms with Gasteiger partial charge in [-0.25, -0.2) is 5.43 Å². The highest BCUT2D eigenvalue weighted by molar-refractivity contribution is 6.31. The zero-order valence-corrected chi connectivity index (χ0v) is 17.4. The largest absolute Gasteiger partial charge is 0.489 e. The molecule has 0 aliphatic heterocycles. The van der Waals surface area contributed by atoms with Crippen LogP contribution in [0.1, 0.15) is 39.5 Å². The Morgan fingerprint density at radius 1 is 1.07 bits per heavy atom. The van der Waals surface area contributed by atoms with Crippen LogP contribution in [0.2, 0.25) is 5.02 Å². The molecule has 30 heavy (non-hydrogen) atoms. The molecule has 0 spiro atoms. The van der Waals surface area contributed by atoms with Crippen molar-refractivity contribution in [3.63, 3.8) is 0 Å². The maximum absolute atomic E-state index is 12.3. The van der Waals surface area contributed by atoms with Gasteiger partial charge < -0.3 is 4.74 Å². The Kier molecular flexibility index (Phi) is 6.84. The van der Waals surface area contributed by atoms with Crippen molar-refractivity contribution in [3.8, 4) is 11.8 Å². The highest BCUT2D eigenvalue weighted by Gasteiger charge is 2.06. The Balaban J connectivity index is 1.57. The molecule has 0 aliphatic rings. The number of carbonyl (C=O) groups excluding carboxylic acids is 1. The maximum atomic E-state index is 12.3. The Hall–Kier alpha value is -3.62. The fourth-order valence-corrected chi connectivity index (χ4v) is 2.79. The van der Waals surface area contributed by atoms with Gasteiger partial charge >= 0.3 is 0 Å². The molecule has 0 heterocycles. The Morgan fingerprint density at radius 3 is 2.37 bits per heavy atom. The standard InChI is InChI=1S/C24H20ClN3O2/c1-16-13-22(11-12-23(16)25)30-15-19-5-9-21(10-6-19)24(29)28-27-17(2)20-7-3-18(14-26)4-8-20/h3-13H,15H2,1-2H3,(H,28,29)/b27-17+. The quantitative estimate of drug-likeness (QED) is 0.439. The molecular weight excluding hydrogens is 398 g/mol. The summed E-state index contributed by atoms with van der Waals surface area (Å²) < 4.78 is 5.77. The third-order valence-electron chi connectivity index (χ3n) is 4.51. The van der Waals surface area contributed by atoms with Gasteiger partial charge in [0.1, 0.15) is 12.4 Å². The molecule has 1 N–H and O–H groups in total. The second-order valence-electron chi connectivity index (χ2n) is 6.72. The minimum atomic E-state index is -0.302. The van der Waals surface area contributed by atoms with Gasteiger partial charge in [-0.05, 0) is 73.0 Å². The first-order valence-electron chi connectivity index (χ1n) is 9.29. The molecule has 5 nitrogen and oxygen atoms in total. The lowest BCUT2D eigenvalue weighted by Crippen LogP contribution is -2.19. The predicted molar refractivity (Wildman–Crippen MR) is 118 cm³/mol. The Morgan fingerprint density at radius 2 is 1.73 bits per heavy atom. The first kappa shape index (κ1) is 21.1. The fraction of sp³-hybridized carbons (Fsp3) is 0.125.